The zero-order valence-electron chi connectivity index (χ0n) is 42.2. The van der Waals surface area contributed by atoms with E-state index in [1.165, 1.54) is 60.7 Å². The molecule has 0 saturated carbocycles. The van der Waals surface area contributed by atoms with Gasteiger partial charge in [-0.2, -0.15) is 50.5 Å². The summed E-state index contributed by atoms with van der Waals surface area (Å²) in [5.74, 6) is -1.96. The summed E-state index contributed by atoms with van der Waals surface area (Å²) >= 11 is 0. The van der Waals surface area contributed by atoms with Crippen LogP contribution >= 0.6 is 0 Å². The number of hydrogen-bond donors (Lipinski definition) is 10. The number of urea groups is 1. The number of hydrogen-bond acceptors (Lipinski definition) is 19. The van der Waals surface area contributed by atoms with Crippen LogP contribution in [0.5, 0.6) is 0 Å². The highest BCUT2D eigenvalue weighted by atomic mass is 32.2. The molecule has 8 rings (SSSR count). The molecule has 0 aromatic heterocycles. The zero-order chi connectivity index (χ0) is 63.5. The quantitative estimate of drug-likeness (QED) is 0.0579. The summed E-state index contributed by atoms with van der Waals surface area (Å²) in [5.41, 5.74) is -2.59. The molecule has 31 nitrogen and oxygen atoms in total. The van der Waals surface area contributed by atoms with Crippen LogP contribution < -0.4 is 20.1 Å². The first-order chi connectivity index (χ1) is 39.6. The number of anilines is 4. The number of carbonyl (C=O) groups excluding carboxylic acids is 3. The molecule has 39 heteroatoms. The highest BCUT2D eigenvalue weighted by Crippen LogP contribution is 2.39. The first kappa shape index (κ1) is 63.7. The molecule has 0 bridgehead atoms. The molecule has 86 heavy (non-hydrogen) atoms. The molecule has 0 heterocycles. The van der Waals surface area contributed by atoms with E-state index < -0.39 is 171 Å². The van der Waals surface area contributed by atoms with Gasteiger partial charge in [0.1, 0.15) is 9.79 Å². The smallest absolute Gasteiger partial charge is 0.308 e. The molecule has 0 saturated heterocycles. The average Bonchev–Trinajstić information content (AvgIpc) is 0.826. The number of sulfonamides is 2. The van der Waals surface area contributed by atoms with Gasteiger partial charge in [-0.3, -0.25) is 46.3 Å². The van der Waals surface area contributed by atoms with E-state index in [1.54, 1.807) is 0 Å². The molecule has 2 aliphatic carbocycles. The number of benzene rings is 6. The number of carbonyl (C=O) groups is 3. The Morgan fingerprint density at radius 2 is 0.733 bits per heavy atom. The van der Waals surface area contributed by atoms with E-state index in [-0.39, 0.29) is 58.9 Å². The van der Waals surface area contributed by atoms with Crippen LogP contribution in [-0.2, 0) is 80.8 Å². The van der Waals surface area contributed by atoms with Gasteiger partial charge in [0, 0.05) is 57.5 Å². The Morgan fingerprint density at radius 3 is 1.05 bits per heavy atom. The minimum Gasteiger partial charge on any atom is -0.308 e. The van der Waals surface area contributed by atoms with Gasteiger partial charge in [0.25, 0.3) is 92.6 Å². The Hall–Kier alpha value is -8.29. The Kier molecular flexibility index (Phi) is 16.9. The molecule has 10 N–H and O–H groups in total. The van der Waals surface area contributed by atoms with Crippen molar-refractivity contribution in [2.75, 3.05) is 20.1 Å². The fourth-order valence-corrected chi connectivity index (χ4v) is 14.3. The van der Waals surface area contributed by atoms with Crippen molar-refractivity contribution in [1.29, 1.82) is 0 Å². The lowest BCUT2D eigenvalue weighted by atomic mass is 10.1. The molecule has 0 spiro atoms. The zero-order valence-corrected chi connectivity index (χ0v) is 48.7. The van der Waals surface area contributed by atoms with Crippen LogP contribution in [0.3, 0.4) is 0 Å². The van der Waals surface area contributed by atoms with Gasteiger partial charge in [-0.15, -0.1) is 0 Å². The van der Waals surface area contributed by atoms with Gasteiger partial charge in [0.15, 0.2) is 0 Å². The lowest BCUT2D eigenvalue weighted by Crippen LogP contribution is -2.20. The second kappa shape index (κ2) is 22.9. The van der Waals surface area contributed by atoms with Gasteiger partial charge in [0.05, 0.1) is 40.8 Å². The third kappa shape index (κ3) is 14.7. The van der Waals surface area contributed by atoms with Crippen molar-refractivity contribution in [2.45, 2.75) is 42.2 Å². The van der Waals surface area contributed by atoms with Crippen molar-refractivity contribution in [3.8, 4) is 0 Å². The average molecular weight is 1340 g/mol. The van der Waals surface area contributed by atoms with E-state index in [1.807, 2.05) is 9.44 Å². The number of amides is 4. The van der Waals surface area contributed by atoms with Gasteiger partial charge in [-0.1, -0.05) is 24.3 Å². The Balaban J connectivity index is 0.974. The van der Waals surface area contributed by atoms with Crippen LogP contribution in [0.4, 0.5) is 27.5 Å². The van der Waals surface area contributed by atoms with Crippen LogP contribution in [0.2, 0.25) is 0 Å². The van der Waals surface area contributed by atoms with Crippen molar-refractivity contribution in [2.24, 2.45) is 9.98 Å². The van der Waals surface area contributed by atoms with E-state index in [4.69, 9.17) is 0 Å². The standard InChI is InChI=1S/C47H36N6O25S8/c54-45(48-31-9-3-11-33(19-31)79(57,58)52-39-21-35(81(61,62)63)15-27-17-37(83(67,68)69)23-41(43(27)39)85(73,74)75)25-5-1-7-29(13-25)50-47(56)51-30-8-2-6-26(14-30)46(55)49-32-10-4-12-34(20-32)80(59,60)53-40-22-36(82(64,65)66)16-28-18-38(84(70,71)72)24-42(44(28)40)86(76,77)78/h1-8,11-24,52-53H,9-10H2,(H2,50,51,56)(H,61,62,63)(H,64,65,66)(H,67,68,69)(H,70,71,72)(H,73,74,75)(H,76,77,78). The van der Waals surface area contributed by atoms with Gasteiger partial charge in [-0.05, 0) is 120 Å². The maximum atomic E-state index is 13.8. The minimum absolute atomic E-state index is 0.00656. The van der Waals surface area contributed by atoms with E-state index in [2.05, 4.69) is 20.6 Å². The minimum atomic E-state index is -5.47. The monoisotopic (exact) mass is 1340 g/mol. The van der Waals surface area contributed by atoms with Crippen molar-refractivity contribution < 1.29 is 109 Å². The van der Waals surface area contributed by atoms with Gasteiger partial charge in [-0.25, -0.2) is 31.6 Å². The van der Waals surface area contributed by atoms with E-state index in [9.17, 15) is 109 Å². The predicted octanol–water partition coefficient (Wildman–Crippen LogP) is 4.85. The predicted molar refractivity (Wildman–Crippen MR) is 305 cm³/mol. The van der Waals surface area contributed by atoms with Crippen molar-refractivity contribution in [3.63, 3.8) is 0 Å². The van der Waals surface area contributed by atoms with Crippen LogP contribution in [0, 0.1) is 0 Å². The molecule has 0 radical (unpaired) electrons. The summed E-state index contributed by atoms with van der Waals surface area (Å²) in [5, 5.41) is 1.88. The Bertz CT molecular complexity index is 4860. The number of rotatable bonds is 16. The van der Waals surface area contributed by atoms with Crippen molar-refractivity contribution >= 4 is 154 Å². The lowest BCUT2D eigenvalue weighted by Gasteiger charge is -2.17. The fourth-order valence-electron chi connectivity index (χ4n) is 8.18. The molecule has 6 aromatic rings. The third-order valence-electron chi connectivity index (χ3n) is 11.8. The first-order valence-electron chi connectivity index (χ1n) is 23.0. The van der Waals surface area contributed by atoms with Crippen LogP contribution in [0.15, 0.2) is 183 Å². The van der Waals surface area contributed by atoms with Gasteiger partial charge < -0.3 is 10.6 Å². The number of nitrogens with zero attached hydrogens (tertiary/aromatic N) is 2. The number of fused-ring (bicyclic) bond motifs is 2. The first-order valence-corrected chi connectivity index (χ1v) is 34.6. The van der Waals surface area contributed by atoms with E-state index >= 15 is 0 Å². The molecule has 2 aliphatic rings. The van der Waals surface area contributed by atoms with Crippen LogP contribution in [0.25, 0.3) is 21.5 Å². The molecule has 0 fully saturated rings. The molecule has 0 aliphatic heterocycles. The summed E-state index contributed by atoms with van der Waals surface area (Å²) in [6.07, 6.45) is 5.96. The molecule has 452 valence electrons. The summed E-state index contributed by atoms with van der Waals surface area (Å²) in [6.45, 7) is 0. The SMILES string of the molecule is O=C(Nc1cccc(C(=O)N=C2C=C(S(=O)(=O)Nc3cc(S(=O)(=O)O)cc4cc(S(=O)(=O)O)cc(S(=O)(=O)O)c34)C=CC2)c1)Nc1cccc(C(=O)N=C2C=C(S(=O)(=O)Nc3cc(S(=O)(=O)O)cc4cc(S(=O)(=O)O)cc(S(=O)(=O)O)c34)C=CC2)c1. The normalized spacial score (nSPS) is 15.5. The van der Waals surface area contributed by atoms with Crippen molar-refractivity contribution in [1.82, 2.24) is 0 Å². The Morgan fingerprint density at radius 1 is 0.407 bits per heavy atom. The molecular weight excluding hydrogens is 1310 g/mol. The van der Waals surface area contributed by atoms with E-state index in [0.29, 0.717) is 36.4 Å². The molecule has 6 aromatic carbocycles. The molecule has 4 amide bonds. The summed E-state index contributed by atoms with van der Waals surface area (Å²) in [7, 11) is -41.9. The second-order valence-corrected chi connectivity index (χ2v) is 29.7. The van der Waals surface area contributed by atoms with Crippen molar-refractivity contribution in [3.05, 3.63) is 154 Å². The summed E-state index contributed by atoms with van der Waals surface area (Å²) in [6, 6.07) is 12.9. The van der Waals surface area contributed by atoms with Crippen LogP contribution in [0.1, 0.15) is 33.6 Å². The number of allylic oxidation sites excluding steroid dienone is 6. The molecule has 0 atom stereocenters. The van der Waals surface area contributed by atoms with Crippen LogP contribution in [-0.4, -0.2) is 124 Å². The largest absolute Gasteiger partial charge is 0.323 e. The van der Waals surface area contributed by atoms with E-state index in [0.717, 1.165) is 24.3 Å². The topological polar surface area (TPSA) is 519 Å². The third-order valence-corrected chi connectivity index (χ3v) is 19.6. The fraction of sp³-hybridized carbons (Fsp3) is 0.0426. The summed E-state index contributed by atoms with van der Waals surface area (Å²) < 4.78 is 264. The Labute approximate surface area is 486 Å². The lowest BCUT2D eigenvalue weighted by molar-refractivity contribution is 0.0994. The van der Waals surface area contributed by atoms with Gasteiger partial charge >= 0.3 is 6.03 Å². The highest BCUT2D eigenvalue weighted by Gasteiger charge is 2.30. The van der Waals surface area contributed by atoms with Gasteiger partial charge in [0.2, 0.25) is 0 Å². The highest BCUT2D eigenvalue weighted by molar-refractivity contribution is 7.97. The maximum absolute atomic E-state index is 13.8. The maximum Gasteiger partial charge on any atom is 0.323 e. The summed E-state index contributed by atoms with van der Waals surface area (Å²) in [4.78, 5) is 39.5. The molecular formula is C47H36N6O25S8. The molecule has 0 unspecified atom stereocenters. The second-order valence-electron chi connectivity index (χ2n) is 17.9. The number of aliphatic imine (C=N–C) groups is 2. The number of nitrogens with one attached hydrogen (secondary N) is 4.